The van der Waals surface area contributed by atoms with Gasteiger partial charge in [0.2, 0.25) is 0 Å². The number of aryl methyl sites for hydroxylation is 1. The average Bonchev–Trinajstić information content (AvgIpc) is 2.69. The summed E-state index contributed by atoms with van der Waals surface area (Å²) in [5, 5.41) is 4.52. The van der Waals surface area contributed by atoms with Crippen LogP contribution in [0.25, 0.3) is 10.9 Å². The van der Waals surface area contributed by atoms with Crippen molar-refractivity contribution in [1.82, 2.24) is 9.88 Å². The zero-order valence-corrected chi connectivity index (χ0v) is 10.7. The van der Waals surface area contributed by atoms with Crippen LogP contribution in [-0.4, -0.2) is 23.6 Å². The molecule has 0 atom stereocenters. The quantitative estimate of drug-likeness (QED) is 0.856. The Morgan fingerprint density at radius 1 is 1.31 bits per heavy atom. The lowest BCUT2D eigenvalue weighted by Crippen LogP contribution is -2.05. The monoisotopic (exact) mass is 234 g/mol. The normalized spacial score (nSPS) is 11.1. The SMILES string of the molecule is CNCc1ccc2ccn(CCSC)c2c1. The van der Waals surface area contributed by atoms with E-state index in [1.807, 2.05) is 18.8 Å². The first-order valence-corrected chi connectivity index (χ1v) is 6.96. The van der Waals surface area contributed by atoms with Crippen molar-refractivity contribution in [3.63, 3.8) is 0 Å². The van der Waals surface area contributed by atoms with E-state index in [0.29, 0.717) is 0 Å². The van der Waals surface area contributed by atoms with Gasteiger partial charge in [0.25, 0.3) is 0 Å². The molecule has 2 aromatic rings. The van der Waals surface area contributed by atoms with Gasteiger partial charge in [-0.3, -0.25) is 0 Å². The molecular formula is C13H18N2S. The van der Waals surface area contributed by atoms with Crippen molar-refractivity contribution in [2.75, 3.05) is 19.1 Å². The number of rotatable bonds is 5. The molecule has 1 heterocycles. The van der Waals surface area contributed by atoms with Crippen LogP contribution in [0.15, 0.2) is 30.5 Å². The number of hydrogen-bond acceptors (Lipinski definition) is 2. The highest BCUT2D eigenvalue weighted by Gasteiger charge is 2.01. The Morgan fingerprint density at radius 3 is 2.94 bits per heavy atom. The van der Waals surface area contributed by atoms with E-state index in [1.165, 1.54) is 22.2 Å². The Morgan fingerprint density at radius 2 is 2.19 bits per heavy atom. The fourth-order valence-corrected chi connectivity index (χ4v) is 2.31. The first kappa shape index (κ1) is 11.6. The van der Waals surface area contributed by atoms with Gasteiger partial charge in [0.05, 0.1) is 0 Å². The van der Waals surface area contributed by atoms with Crippen LogP contribution in [0.4, 0.5) is 0 Å². The molecule has 0 fully saturated rings. The molecule has 0 spiro atoms. The zero-order valence-electron chi connectivity index (χ0n) is 9.86. The average molecular weight is 234 g/mol. The summed E-state index contributed by atoms with van der Waals surface area (Å²) in [6.07, 6.45) is 4.34. The van der Waals surface area contributed by atoms with E-state index in [9.17, 15) is 0 Å². The third kappa shape index (κ3) is 2.42. The molecule has 1 aromatic heterocycles. The maximum absolute atomic E-state index is 3.19. The van der Waals surface area contributed by atoms with Crippen LogP contribution < -0.4 is 5.32 Å². The number of nitrogens with zero attached hydrogens (tertiary/aromatic N) is 1. The van der Waals surface area contributed by atoms with Crippen molar-refractivity contribution < 1.29 is 0 Å². The maximum atomic E-state index is 3.19. The lowest BCUT2D eigenvalue weighted by Gasteiger charge is -2.06. The largest absolute Gasteiger partial charge is 0.347 e. The highest BCUT2D eigenvalue weighted by atomic mass is 32.2. The summed E-state index contributed by atoms with van der Waals surface area (Å²) in [6, 6.07) is 8.88. The molecule has 1 N–H and O–H groups in total. The van der Waals surface area contributed by atoms with Crippen molar-refractivity contribution in [3.8, 4) is 0 Å². The predicted molar refractivity (Wildman–Crippen MR) is 73.1 cm³/mol. The summed E-state index contributed by atoms with van der Waals surface area (Å²) in [6.45, 7) is 2.03. The van der Waals surface area contributed by atoms with E-state index >= 15 is 0 Å². The Hall–Kier alpha value is -0.930. The standard InChI is InChI=1S/C13H18N2S/c1-14-10-11-3-4-12-5-6-15(7-8-16-2)13(12)9-11/h3-6,9,14H,7-8,10H2,1-2H3. The Bertz CT molecular complexity index is 462. The summed E-state index contributed by atoms with van der Waals surface area (Å²) in [5.41, 5.74) is 2.70. The highest BCUT2D eigenvalue weighted by Crippen LogP contribution is 2.18. The second kappa shape index (κ2) is 5.41. The smallest absolute Gasteiger partial charge is 0.0483 e. The van der Waals surface area contributed by atoms with Gasteiger partial charge in [-0.15, -0.1) is 0 Å². The van der Waals surface area contributed by atoms with E-state index in [2.05, 4.69) is 46.6 Å². The molecule has 86 valence electrons. The van der Waals surface area contributed by atoms with E-state index in [0.717, 1.165) is 13.1 Å². The van der Waals surface area contributed by atoms with Crippen molar-refractivity contribution in [3.05, 3.63) is 36.0 Å². The first-order chi connectivity index (χ1) is 7.85. The summed E-state index contributed by atoms with van der Waals surface area (Å²) in [7, 11) is 1.98. The maximum Gasteiger partial charge on any atom is 0.0483 e. The van der Waals surface area contributed by atoms with E-state index in [4.69, 9.17) is 0 Å². The lowest BCUT2D eigenvalue weighted by molar-refractivity contribution is 0.800. The van der Waals surface area contributed by atoms with Gasteiger partial charge in [-0.05, 0) is 36.4 Å². The molecule has 0 unspecified atom stereocenters. The predicted octanol–water partition coefficient (Wildman–Crippen LogP) is 2.72. The van der Waals surface area contributed by atoms with Crippen molar-refractivity contribution in [1.29, 1.82) is 0 Å². The fraction of sp³-hybridized carbons (Fsp3) is 0.385. The summed E-state index contributed by atoms with van der Waals surface area (Å²) in [5.74, 6) is 1.17. The third-order valence-corrected chi connectivity index (χ3v) is 3.35. The molecule has 1 aromatic carbocycles. The van der Waals surface area contributed by atoms with Crippen LogP contribution in [-0.2, 0) is 13.1 Å². The van der Waals surface area contributed by atoms with Gasteiger partial charge in [-0.1, -0.05) is 12.1 Å². The van der Waals surface area contributed by atoms with Gasteiger partial charge in [0.15, 0.2) is 0 Å². The van der Waals surface area contributed by atoms with Gasteiger partial charge in [0.1, 0.15) is 0 Å². The van der Waals surface area contributed by atoms with Crippen LogP contribution in [0, 0.1) is 0 Å². The molecule has 2 rings (SSSR count). The van der Waals surface area contributed by atoms with E-state index in [1.54, 1.807) is 0 Å². The molecule has 0 saturated heterocycles. The molecule has 0 aliphatic heterocycles. The molecule has 0 aliphatic rings. The number of hydrogen-bond donors (Lipinski definition) is 1. The molecule has 3 heteroatoms. The molecule has 0 amide bonds. The minimum absolute atomic E-state index is 0.934. The van der Waals surface area contributed by atoms with E-state index < -0.39 is 0 Å². The summed E-state index contributed by atoms with van der Waals surface area (Å²) >= 11 is 1.89. The minimum atomic E-state index is 0.934. The second-order valence-corrected chi connectivity index (χ2v) is 4.91. The molecule has 2 nitrogen and oxygen atoms in total. The number of benzene rings is 1. The number of aromatic nitrogens is 1. The van der Waals surface area contributed by atoms with Crippen LogP contribution in [0.2, 0.25) is 0 Å². The third-order valence-electron chi connectivity index (χ3n) is 2.76. The number of fused-ring (bicyclic) bond motifs is 1. The summed E-state index contributed by atoms with van der Waals surface area (Å²) in [4.78, 5) is 0. The molecular weight excluding hydrogens is 216 g/mol. The van der Waals surface area contributed by atoms with Crippen molar-refractivity contribution >= 4 is 22.7 Å². The van der Waals surface area contributed by atoms with Gasteiger partial charge in [-0.25, -0.2) is 0 Å². The van der Waals surface area contributed by atoms with Gasteiger partial charge in [-0.2, -0.15) is 11.8 Å². The molecule has 16 heavy (non-hydrogen) atoms. The lowest BCUT2D eigenvalue weighted by atomic mass is 10.1. The minimum Gasteiger partial charge on any atom is -0.347 e. The molecule has 0 radical (unpaired) electrons. The number of thioether (sulfide) groups is 1. The first-order valence-electron chi connectivity index (χ1n) is 5.56. The Kier molecular flexibility index (Phi) is 3.91. The van der Waals surface area contributed by atoms with Gasteiger partial charge >= 0.3 is 0 Å². The Balaban J connectivity index is 2.31. The highest BCUT2D eigenvalue weighted by molar-refractivity contribution is 7.98. The zero-order chi connectivity index (χ0) is 11.4. The van der Waals surface area contributed by atoms with Crippen LogP contribution in [0.5, 0.6) is 0 Å². The van der Waals surface area contributed by atoms with Crippen molar-refractivity contribution in [2.45, 2.75) is 13.1 Å². The molecule has 0 bridgehead atoms. The van der Waals surface area contributed by atoms with Crippen molar-refractivity contribution in [2.24, 2.45) is 0 Å². The Labute approximate surface area is 101 Å². The number of nitrogens with one attached hydrogen (secondary N) is 1. The fourth-order valence-electron chi connectivity index (χ4n) is 1.93. The second-order valence-electron chi connectivity index (χ2n) is 3.93. The van der Waals surface area contributed by atoms with Gasteiger partial charge < -0.3 is 9.88 Å². The van der Waals surface area contributed by atoms with Crippen LogP contribution in [0.3, 0.4) is 0 Å². The van der Waals surface area contributed by atoms with Crippen LogP contribution >= 0.6 is 11.8 Å². The molecule has 0 aliphatic carbocycles. The molecule has 0 saturated carbocycles. The van der Waals surface area contributed by atoms with Gasteiger partial charge in [0, 0.05) is 30.6 Å². The topological polar surface area (TPSA) is 17.0 Å². The van der Waals surface area contributed by atoms with E-state index in [-0.39, 0.29) is 0 Å². The van der Waals surface area contributed by atoms with Crippen LogP contribution in [0.1, 0.15) is 5.56 Å². The summed E-state index contributed by atoms with van der Waals surface area (Å²) < 4.78 is 2.34.